The van der Waals surface area contributed by atoms with Gasteiger partial charge in [0.2, 0.25) is 5.95 Å². The summed E-state index contributed by atoms with van der Waals surface area (Å²) in [5.74, 6) is 1.37. The summed E-state index contributed by atoms with van der Waals surface area (Å²) in [6.45, 7) is 7.72. The first-order valence-electron chi connectivity index (χ1n) is 8.72. The van der Waals surface area contributed by atoms with Crippen LogP contribution in [0.2, 0.25) is 0 Å². The summed E-state index contributed by atoms with van der Waals surface area (Å²) in [6.07, 6.45) is 1.75. The summed E-state index contributed by atoms with van der Waals surface area (Å²) in [6, 6.07) is 5.51. The van der Waals surface area contributed by atoms with Crippen LogP contribution in [0.4, 0.5) is 11.8 Å². The molecule has 0 fully saturated rings. The van der Waals surface area contributed by atoms with E-state index in [1.807, 2.05) is 37.5 Å². The van der Waals surface area contributed by atoms with Gasteiger partial charge in [0.25, 0.3) is 0 Å². The summed E-state index contributed by atoms with van der Waals surface area (Å²) in [5.41, 5.74) is 9.16. The van der Waals surface area contributed by atoms with Gasteiger partial charge in [0.05, 0.1) is 6.33 Å². The highest BCUT2D eigenvalue weighted by molar-refractivity contribution is 5.84. The molecule has 3 aromatic rings. The highest BCUT2D eigenvalue weighted by Crippen LogP contribution is 2.24. The number of nitrogens with zero attached hydrogens (tertiary/aromatic N) is 4. The van der Waals surface area contributed by atoms with E-state index in [4.69, 9.17) is 5.73 Å². The van der Waals surface area contributed by atoms with Gasteiger partial charge in [-0.15, -0.1) is 0 Å². The lowest BCUT2D eigenvalue weighted by molar-refractivity contribution is 0.469. The molecule has 1 unspecified atom stereocenters. The van der Waals surface area contributed by atoms with E-state index in [1.54, 1.807) is 12.4 Å². The zero-order valence-electron chi connectivity index (χ0n) is 15.3. The van der Waals surface area contributed by atoms with Crippen molar-refractivity contribution >= 4 is 22.9 Å². The number of nitrogens with one attached hydrogen (secondary N) is 2. The third-order valence-electron chi connectivity index (χ3n) is 4.07. The molecule has 8 nitrogen and oxygen atoms in total. The molecule has 138 valence electrons. The van der Waals surface area contributed by atoms with E-state index in [2.05, 4.69) is 25.6 Å². The smallest absolute Gasteiger partial charge is 0.226 e. The lowest BCUT2D eigenvalue weighted by Gasteiger charge is -2.12. The summed E-state index contributed by atoms with van der Waals surface area (Å²) in [4.78, 5) is 13.5. The normalized spacial score (nSPS) is 12.3. The second-order valence-corrected chi connectivity index (χ2v) is 6.44. The van der Waals surface area contributed by atoms with Gasteiger partial charge >= 0.3 is 0 Å². The summed E-state index contributed by atoms with van der Waals surface area (Å²) < 4.78 is 1.96. The Labute approximate surface area is 152 Å². The largest absolute Gasteiger partial charge is 0.508 e. The number of rotatable bonds is 7. The number of aromatic hydroxyl groups is 1. The number of imidazole rings is 1. The highest BCUT2D eigenvalue weighted by Gasteiger charge is 2.13. The van der Waals surface area contributed by atoms with Crippen LogP contribution in [-0.4, -0.2) is 37.2 Å². The molecule has 5 N–H and O–H groups in total. The second-order valence-electron chi connectivity index (χ2n) is 6.44. The van der Waals surface area contributed by atoms with Gasteiger partial charge < -0.3 is 26.0 Å². The van der Waals surface area contributed by atoms with E-state index in [-0.39, 0.29) is 11.8 Å². The Morgan fingerprint density at radius 2 is 2.08 bits per heavy atom. The number of hydrogen-bond acceptors (Lipinski definition) is 7. The minimum absolute atomic E-state index is 0.00830. The van der Waals surface area contributed by atoms with Crippen molar-refractivity contribution in [2.45, 2.75) is 39.9 Å². The first-order chi connectivity index (χ1) is 12.5. The molecule has 0 bridgehead atoms. The van der Waals surface area contributed by atoms with Gasteiger partial charge in [-0.2, -0.15) is 9.97 Å². The molecule has 0 aliphatic rings. The van der Waals surface area contributed by atoms with Crippen LogP contribution in [0.25, 0.3) is 11.2 Å². The fourth-order valence-electron chi connectivity index (χ4n) is 2.67. The van der Waals surface area contributed by atoms with Crippen LogP contribution < -0.4 is 16.4 Å². The van der Waals surface area contributed by atoms with Gasteiger partial charge in [-0.3, -0.25) is 0 Å². The van der Waals surface area contributed by atoms with E-state index in [9.17, 15) is 5.11 Å². The van der Waals surface area contributed by atoms with Crippen molar-refractivity contribution in [3.05, 3.63) is 35.7 Å². The Hall–Kier alpha value is -2.87. The van der Waals surface area contributed by atoms with Crippen LogP contribution in [0, 0.1) is 6.92 Å². The zero-order valence-corrected chi connectivity index (χ0v) is 15.3. The number of aryl methyl sites for hydroxylation is 2. The number of benzene rings is 1. The molecule has 0 aliphatic carbocycles. The highest BCUT2D eigenvalue weighted by atomic mass is 16.3. The average molecular weight is 355 g/mol. The molecule has 0 aliphatic heterocycles. The third kappa shape index (κ3) is 3.85. The second kappa shape index (κ2) is 7.57. The van der Waals surface area contributed by atoms with E-state index < -0.39 is 0 Å². The van der Waals surface area contributed by atoms with Crippen LogP contribution in [-0.2, 0) is 13.1 Å². The predicted molar refractivity (Wildman–Crippen MR) is 103 cm³/mol. The maximum absolute atomic E-state index is 10.0. The van der Waals surface area contributed by atoms with Crippen molar-refractivity contribution in [3.63, 3.8) is 0 Å². The number of phenolic OH excluding ortho intramolecular Hbond substituents is 1. The molecular formula is C18H25N7O. The maximum Gasteiger partial charge on any atom is 0.226 e. The van der Waals surface area contributed by atoms with Crippen LogP contribution in [0.5, 0.6) is 5.75 Å². The number of hydrogen-bond donors (Lipinski definition) is 4. The monoisotopic (exact) mass is 355 g/mol. The van der Waals surface area contributed by atoms with Crippen LogP contribution in [0.3, 0.4) is 0 Å². The topological polar surface area (TPSA) is 114 Å². The minimum atomic E-state index is -0.00830. The SMILES string of the molecule is CCn1cnc2c(NCc3cc(C)ccc3O)nc(NCC(C)N)nc21. The Balaban J connectivity index is 1.92. The molecule has 8 heteroatoms. The number of fused-ring (bicyclic) bond motifs is 1. The first kappa shape index (κ1) is 17.9. The fourth-order valence-corrected chi connectivity index (χ4v) is 2.67. The molecule has 0 amide bonds. The minimum Gasteiger partial charge on any atom is -0.508 e. The van der Waals surface area contributed by atoms with Gasteiger partial charge in [-0.05, 0) is 26.8 Å². The number of phenols is 1. The molecule has 0 saturated heterocycles. The molecule has 26 heavy (non-hydrogen) atoms. The average Bonchev–Trinajstić information content (AvgIpc) is 3.03. The molecule has 0 saturated carbocycles. The molecule has 1 atom stereocenters. The molecule has 2 aromatic heterocycles. The predicted octanol–water partition coefficient (Wildman–Crippen LogP) is 2.23. The van der Waals surface area contributed by atoms with Gasteiger partial charge in [0.1, 0.15) is 5.75 Å². The van der Waals surface area contributed by atoms with Crippen molar-refractivity contribution in [2.75, 3.05) is 17.2 Å². The van der Waals surface area contributed by atoms with Crippen LogP contribution in [0.15, 0.2) is 24.5 Å². The number of anilines is 2. The number of aromatic nitrogens is 4. The Bertz CT molecular complexity index is 904. The molecule has 0 spiro atoms. The quantitative estimate of drug-likeness (QED) is 0.514. The van der Waals surface area contributed by atoms with Crippen molar-refractivity contribution in [1.82, 2.24) is 19.5 Å². The van der Waals surface area contributed by atoms with Crippen molar-refractivity contribution < 1.29 is 5.11 Å². The van der Waals surface area contributed by atoms with E-state index in [0.717, 1.165) is 23.3 Å². The standard InChI is InChI=1S/C18H25N7O/c1-4-25-10-22-15-16(20-9-13-7-11(2)5-6-14(13)26)23-18(24-17(15)25)21-8-12(3)19/h5-7,10,12,26H,4,8-9,19H2,1-3H3,(H2,20,21,23,24). The lowest BCUT2D eigenvalue weighted by Crippen LogP contribution is -2.26. The Morgan fingerprint density at radius 1 is 1.27 bits per heavy atom. The molecule has 0 radical (unpaired) electrons. The maximum atomic E-state index is 10.0. The van der Waals surface area contributed by atoms with Crippen molar-refractivity contribution in [2.24, 2.45) is 5.73 Å². The fraction of sp³-hybridized carbons (Fsp3) is 0.389. The third-order valence-corrected chi connectivity index (χ3v) is 4.07. The summed E-state index contributed by atoms with van der Waals surface area (Å²) >= 11 is 0. The van der Waals surface area contributed by atoms with E-state index in [0.29, 0.717) is 30.4 Å². The van der Waals surface area contributed by atoms with Crippen LogP contribution in [0.1, 0.15) is 25.0 Å². The van der Waals surface area contributed by atoms with Gasteiger partial charge in [-0.25, -0.2) is 4.98 Å². The first-order valence-corrected chi connectivity index (χ1v) is 8.72. The molecule has 3 rings (SSSR count). The van der Waals surface area contributed by atoms with Gasteiger partial charge in [0.15, 0.2) is 17.0 Å². The Kier molecular flexibility index (Phi) is 5.22. The molecule has 2 heterocycles. The van der Waals surface area contributed by atoms with Crippen molar-refractivity contribution in [1.29, 1.82) is 0 Å². The number of nitrogens with two attached hydrogens (primary N) is 1. The lowest BCUT2D eigenvalue weighted by atomic mass is 10.1. The van der Waals surface area contributed by atoms with Crippen LogP contribution >= 0.6 is 0 Å². The summed E-state index contributed by atoms with van der Waals surface area (Å²) in [5, 5.41) is 16.5. The zero-order chi connectivity index (χ0) is 18.7. The Morgan fingerprint density at radius 3 is 2.81 bits per heavy atom. The van der Waals surface area contributed by atoms with Gasteiger partial charge in [-0.1, -0.05) is 17.7 Å². The molecule has 1 aromatic carbocycles. The van der Waals surface area contributed by atoms with E-state index in [1.165, 1.54) is 0 Å². The van der Waals surface area contributed by atoms with E-state index >= 15 is 0 Å². The summed E-state index contributed by atoms with van der Waals surface area (Å²) in [7, 11) is 0. The van der Waals surface area contributed by atoms with Crippen molar-refractivity contribution in [3.8, 4) is 5.75 Å². The van der Waals surface area contributed by atoms with Gasteiger partial charge in [0, 0.05) is 31.2 Å². The molecular weight excluding hydrogens is 330 g/mol.